The van der Waals surface area contributed by atoms with Gasteiger partial charge in [-0.3, -0.25) is 9.59 Å². The number of aryl methyl sites for hydroxylation is 2. The Morgan fingerprint density at radius 3 is 1.19 bits per heavy atom. The van der Waals surface area contributed by atoms with Gasteiger partial charge in [0, 0.05) is 0 Å². The maximum absolute atomic E-state index is 11.0. The molecule has 0 bridgehead atoms. The lowest BCUT2D eigenvalue weighted by Gasteiger charge is -2.00. The highest BCUT2D eigenvalue weighted by atomic mass is 16.1. The van der Waals surface area contributed by atoms with E-state index in [0.717, 1.165) is 22.3 Å². The normalized spacial score (nSPS) is 11.5. The van der Waals surface area contributed by atoms with Crippen LogP contribution in [0, 0.1) is 13.8 Å². The first-order valence-electron chi connectivity index (χ1n) is 8.72. The lowest BCUT2D eigenvalue weighted by atomic mass is 10.1. The fraction of sp³-hybridized carbons (Fsp3) is 0.250. The summed E-state index contributed by atoms with van der Waals surface area (Å²) in [4.78, 5) is 22.0. The van der Waals surface area contributed by atoms with E-state index in [9.17, 15) is 9.59 Å². The SMILES string of the molecule is CC(=O)/C(C)=C/c1ccccc1C.CC(=O)/C(C)=C/c1ccccc1C. The standard InChI is InChI=1S/2C12H14O/c2*1-9-6-4-5-7-12(9)8-10(2)11(3)13/h2*4-8H,1-3H3/b2*10-8+. The molecule has 0 radical (unpaired) electrons. The van der Waals surface area contributed by atoms with E-state index in [2.05, 4.69) is 0 Å². The third-order valence-corrected chi connectivity index (χ3v) is 4.23. The van der Waals surface area contributed by atoms with Crippen molar-refractivity contribution in [1.29, 1.82) is 0 Å². The largest absolute Gasteiger partial charge is 0.295 e. The van der Waals surface area contributed by atoms with Crippen molar-refractivity contribution in [2.45, 2.75) is 41.5 Å². The van der Waals surface area contributed by atoms with Crippen LogP contribution >= 0.6 is 0 Å². The summed E-state index contributed by atoms with van der Waals surface area (Å²) in [5.74, 6) is 0.256. The van der Waals surface area contributed by atoms with Crippen LogP contribution in [0.4, 0.5) is 0 Å². The topological polar surface area (TPSA) is 34.1 Å². The number of ketones is 2. The molecule has 136 valence electrons. The number of carbonyl (C=O) groups excluding carboxylic acids is 2. The molecule has 0 amide bonds. The lowest BCUT2D eigenvalue weighted by Crippen LogP contribution is -1.91. The van der Waals surface area contributed by atoms with Gasteiger partial charge in [-0.25, -0.2) is 0 Å². The number of hydrogen-bond acceptors (Lipinski definition) is 2. The summed E-state index contributed by atoms with van der Waals surface area (Å²) >= 11 is 0. The maximum Gasteiger partial charge on any atom is 0.155 e. The van der Waals surface area contributed by atoms with E-state index in [1.54, 1.807) is 13.8 Å². The summed E-state index contributed by atoms with van der Waals surface area (Å²) in [5, 5.41) is 0. The number of hydrogen-bond donors (Lipinski definition) is 0. The third-order valence-electron chi connectivity index (χ3n) is 4.23. The zero-order valence-corrected chi connectivity index (χ0v) is 16.6. The number of allylic oxidation sites excluding steroid dienone is 2. The molecular formula is C24H28O2. The van der Waals surface area contributed by atoms with Crippen LogP contribution in [-0.2, 0) is 9.59 Å². The van der Waals surface area contributed by atoms with Crippen LogP contribution in [-0.4, -0.2) is 11.6 Å². The second-order valence-corrected chi connectivity index (χ2v) is 6.48. The number of carbonyl (C=O) groups is 2. The van der Waals surface area contributed by atoms with Crippen molar-refractivity contribution < 1.29 is 9.59 Å². The van der Waals surface area contributed by atoms with Gasteiger partial charge in [0.15, 0.2) is 11.6 Å². The van der Waals surface area contributed by atoms with Gasteiger partial charge in [0.25, 0.3) is 0 Å². The van der Waals surface area contributed by atoms with Crippen LogP contribution in [0.3, 0.4) is 0 Å². The summed E-state index contributed by atoms with van der Waals surface area (Å²) in [5.41, 5.74) is 6.24. The molecule has 26 heavy (non-hydrogen) atoms. The van der Waals surface area contributed by atoms with Crippen LogP contribution in [0.5, 0.6) is 0 Å². The molecule has 0 aliphatic carbocycles. The Morgan fingerprint density at radius 2 is 0.923 bits per heavy atom. The summed E-state index contributed by atoms with van der Waals surface area (Å²) in [6.07, 6.45) is 3.86. The minimum atomic E-state index is 0.128. The first-order valence-corrected chi connectivity index (χ1v) is 8.72. The Bertz CT molecular complexity index is 767. The first kappa shape index (κ1) is 21.3. The van der Waals surface area contributed by atoms with E-state index in [1.165, 1.54) is 11.1 Å². The van der Waals surface area contributed by atoms with Gasteiger partial charge in [0.05, 0.1) is 0 Å². The highest BCUT2D eigenvalue weighted by Crippen LogP contribution is 2.12. The van der Waals surface area contributed by atoms with Gasteiger partial charge in [-0.2, -0.15) is 0 Å². The number of rotatable bonds is 4. The second kappa shape index (κ2) is 10.3. The van der Waals surface area contributed by atoms with Gasteiger partial charge in [0.2, 0.25) is 0 Å². The smallest absolute Gasteiger partial charge is 0.155 e. The summed E-state index contributed by atoms with van der Waals surface area (Å²) in [7, 11) is 0. The molecule has 2 aromatic carbocycles. The molecule has 2 heteroatoms. The van der Waals surface area contributed by atoms with Crippen LogP contribution in [0.2, 0.25) is 0 Å². The maximum atomic E-state index is 11.0. The summed E-state index contributed by atoms with van der Waals surface area (Å²) in [6.45, 7) is 10.9. The summed E-state index contributed by atoms with van der Waals surface area (Å²) < 4.78 is 0. The van der Waals surface area contributed by atoms with Crippen molar-refractivity contribution in [3.05, 3.63) is 81.9 Å². The number of Topliss-reactive ketones (excluding diaryl/α,β-unsaturated/α-hetero) is 2. The molecule has 0 aliphatic rings. The molecule has 2 rings (SSSR count). The lowest BCUT2D eigenvalue weighted by molar-refractivity contribution is -0.114. The zero-order valence-electron chi connectivity index (χ0n) is 16.6. The Balaban J connectivity index is 0.000000260. The van der Waals surface area contributed by atoms with E-state index < -0.39 is 0 Å². The molecule has 0 saturated heterocycles. The van der Waals surface area contributed by atoms with Crippen LogP contribution in [0.15, 0.2) is 59.7 Å². The molecule has 2 nitrogen and oxygen atoms in total. The highest BCUT2D eigenvalue weighted by Gasteiger charge is 1.98. The average Bonchev–Trinajstić information content (AvgIpc) is 2.59. The van der Waals surface area contributed by atoms with Crippen molar-refractivity contribution in [2.24, 2.45) is 0 Å². The van der Waals surface area contributed by atoms with E-state index >= 15 is 0 Å². The van der Waals surface area contributed by atoms with Crippen molar-refractivity contribution in [3.63, 3.8) is 0 Å². The molecule has 2 aromatic rings. The van der Waals surface area contributed by atoms with E-state index in [1.807, 2.05) is 88.4 Å². The van der Waals surface area contributed by atoms with E-state index in [4.69, 9.17) is 0 Å². The fourth-order valence-corrected chi connectivity index (χ4v) is 2.17. The van der Waals surface area contributed by atoms with Crippen LogP contribution in [0.1, 0.15) is 49.9 Å². The van der Waals surface area contributed by atoms with Crippen molar-refractivity contribution in [3.8, 4) is 0 Å². The molecule has 0 saturated carbocycles. The minimum Gasteiger partial charge on any atom is -0.295 e. The molecule has 0 N–H and O–H groups in total. The van der Waals surface area contributed by atoms with Gasteiger partial charge in [0.1, 0.15) is 0 Å². The molecule has 0 atom stereocenters. The fourth-order valence-electron chi connectivity index (χ4n) is 2.17. The molecule has 0 aromatic heterocycles. The van der Waals surface area contributed by atoms with Gasteiger partial charge in [-0.05, 0) is 87.1 Å². The van der Waals surface area contributed by atoms with Gasteiger partial charge >= 0.3 is 0 Å². The monoisotopic (exact) mass is 348 g/mol. The van der Waals surface area contributed by atoms with E-state index in [-0.39, 0.29) is 11.6 Å². The Morgan fingerprint density at radius 1 is 0.615 bits per heavy atom. The zero-order chi connectivity index (χ0) is 19.7. The Labute approximate surface area is 157 Å². The first-order chi connectivity index (χ1) is 12.2. The molecule has 0 spiro atoms. The van der Waals surface area contributed by atoms with Crippen LogP contribution < -0.4 is 0 Å². The molecular weight excluding hydrogens is 320 g/mol. The molecule has 0 aliphatic heterocycles. The predicted octanol–water partition coefficient (Wildman–Crippen LogP) is 5.97. The quantitative estimate of drug-likeness (QED) is 0.637. The van der Waals surface area contributed by atoms with Gasteiger partial charge in [-0.1, -0.05) is 48.5 Å². The van der Waals surface area contributed by atoms with Crippen molar-refractivity contribution in [1.82, 2.24) is 0 Å². The predicted molar refractivity (Wildman–Crippen MR) is 111 cm³/mol. The summed E-state index contributed by atoms with van der Waals surface area (Å²) in [6, 6.07) is 16.1. The highest BCUT2D eigenvalue weighted by molar-refractivity contribution is 5.97. The molecule has 0 fully saturated rings. The average molecular weight is 348 g/mol. The van der Waals surface area contributed by atoms with Crippen molar-refractivity contribution >= 4 is 23.7 Å². The van der Waals surface area contributed by atoms with Crippen molar-refractivity contribution in [2.75, 3.05) is 0 Å². The third kappa shape index (κ3) is 7.02. The van der Waals surface area contributed by atoms with Crippen LogP contribution in [0.25, 0.3) is 12.2 Å². The number of benzene rings is 2. The second-order valence-electron chi connectivity index (χ2n) is 6.48. The Kier molecular flexibility index (Phi) is 8.44. The molecule has 0 unspecified atom stereocenters. The minimum absolute atomic E-state index is 0.128. The van der Waals surface area contributed by atoms with Gasteiger partial charge < -0.3 is 0 Å². The Hall–Kier alpha value is -2.74. The van der Waals surface area contributed by atoms with E-state index in [0.29, 0.717) is 0 Å². The van der Waals surface area contributed by atoms with Gasteiger partial charge in [-0.15, -0.1) is 0 Å². The molecule has 0 heterocycles.